The van der Waals surface area contributed by atoms with Gasteiger partial charge in [0.25, 0.3) is 5.91 Å². The third-order valence-corrected chi connectivity index (χ3v) is 7.12. The summed E-state index contributed by atoms with van der Waals surface area (Å²) in [6.07, 6.45) is 1.99. The molecule has 0 N–H and O–H groups in total. The van der Waals surface area contributed by atoms with Crippen LogP contribution >= 0.6 is 39.3 Å². The molecule has 1 aliphatic heterocycles. The molecule has 7 heteroatoms. The van der Waals surface area contributed by atoms with Crippen LogP contribution in [0.15, 0.2) is 69.0 Å². The summed E-state index contributed by atoms with van der Waals surface area (Å²) in [7, 11) is 0. The first-order valence-electron chi connectivity index (χ1n) is 10.7. The van der Waals surface area contributed by atoms with E-state index in [4.69, 9.17) is 16.6 Å². The predicted molar refractivity (Wildman–Crippen MR) is 144 cm³/mol. The van der Waals surface area contributed by atoms with E-state index >= 15 is 0 Å². The Morgan fingerprint density at radius 3 is 2.39 bits per heavy atom. The number of halogens is 2. The number of aryl methyl sites for hydroxylation is 1. The molecule has 0 bridgehead atoms. The summed E-state index contributed by atoms with van der Waals surface area (Å²) in [5, 5.41) is 1.36. The molecule has 0 spiro atoms. The number of carbonyl (C=O) groups excluding carboxylic acids is 1. The smallest absolute Gasteiger partial charge is 0.266 e. The molecule has 0 unspecified atom stereocenters. The lowest BCUT2D eigenvalue weighted by Gasteiger charge is -2.17. The van der Waals surface area contributed by atoms with Crippen LogP contribution in [0, 0.1) is 19.8 Å². The summed E-state index contributed by atoms with van der Waals surface area (Å²) >= 11 is 10.9. The van der Waals surface area contributed by atoms with E-state index in [0.29, 0.717) is 27.6 Å². The van der Waals surface area contributed by atoms with Crippen LogP contribution in [0.1, 0.15) is 30.8 Å². The molecule has 170 valence electrons. The summed E-state index contributed by atoms with van der Waals surface area (Å²) in [6.45, 7) is 8.99. The van der Waals surface area contributed by atoms with Gasteiger partial charge in [-0.3, -0.25) is 9.69 Å². The number of benzene rings is 2. The van der Waals surface area contributed by atoms with Gasteiger partial charge in [0.15, 0.2) is 5.17 Å². The van der Waals surface area contributed by atoms with Crippen LogP contribution < -0.4 is 0 Å². The molecule has 3 aromatic rings. The fourth-order valence-corrected chi connectivity index (χ4v) is 5.20. The summed E-state index contributed by atoms with van der Waals surface area (Å²) in [4.78, 5) is 20.5. The highest BCUT2D eigenvalue weighted by Crippen LogP contribution is 2.36. The standard InChI is InChI=1S/C26H25BrClN3OS/c1-16(2)15-30-25(32)24(33-26(30)29-22-9-7-21(28)8-10-22)14-19-13-17(3)31(18(19)4)23-11-5-20(27)6-12-23/h5-14,16H,15H2,1-4H3/b24-14-,29-26?. The average Bonchev–Trinajstić information content (AvgIpc) is 3.20. The van der Waals surface area contributed by atoms with Crippen molar-refractivity contribution in [2.75, 3.05) is 6.54 Å². The van der Waals surface area contributed by atoms with Gasteiger partial charge in [-0.2, -0.15) is 0 Å². The van der Waals surface area contributed by atoms with E-state index in [0.717, 1.165) is 32.8 Å². The summed E-state index contributed by atoms with van der Waals surface area (Å²) in [6, 6.07) is 17.7. The first-order chi connectivity index (χ1) is 15.7. The molecular weight excluding hydrogens is 518 g/mol. The molecule has 0 radical (unpaired) electrons. The van der Waals surface area contributed by atoms with Crippen LogP contribution in [0.25, 0.3) is 11.8 Å². The van der Waals surface area contributed by atoms with Crippen LogP contribution in [0.4, 0.5) is 5.69 Å². The van der Waals surface area contributed by atoms with Gasteiger partial charge in [0, 0.05) is 33.1 Å². The molecule has 1 aliphatic rings. The third kappa shape index (κ3) is 5.29. The maximum absolute atomic E-state index is 13.3. The predicted octanol–water partition coefficient (Wildman–Crippen LogP) is 7.77. The van der Waals surface area contributed by atoms with E-state index in [1.807, 2.05) is 42.5 Å². The highest BCUT2D eigenvalue weighted by molar-refractivity contribution is 9.10. The van der Waals surface area contributed by atoms with Gasteiger partial charge in [-0.1, -0.05) is 41.4 Å². The number of hydrogen-bond acceptors (Lipinski definition) is 3. The van der Waals surface area contributed by atoms with Crippen LogP contribution in [0.5, 0.6) is 0 Å². The highest BCUT2D eigenvalue weighted by Gasteiger charge is 2.34. The first-order valence-corrected chi connectivity index (χ1v) is 12.7. The maximum atomic E-state index is 13.3. The van der Waals surface area contributed by atoms with Crippen LogP contribution in [0.2, 0.25) is 5.02 Å². The molecule has 1 aromatic heterocycles. The zero-order valence-electron chi connectivity index (χ0n) is 19.0. The van der Waals surface area contributed by atoms with Crippen LogP contribution in [-0.2, 0) is 4.79 Å². The van der Waals surface area contributed by atoms with Crippen molar-refractivity contribution in [3.8, 4) is 5.69 Å². The molecule has 1 saturated heterocycles. The van der Waals surface area contributed by atoms with E-state index in [-0.39, 0.29) is 5.91 Å². The third-order valence-electron chi connectivity index (χ3n) is 5.33. The van der Waals surface area contributed by atoms with Crippen molar-refractivity contribution in [3.63, 3.8) is 0 Å². The largest absolute Gasteiger partial charge is 0.318 e. The van der Waals surface area contributed by atoms with Crippen molar-refractivity contribution in [2.24, 2.45) is 10.9 Å². The van der Waals surface area contributed by atoms with Crippen LogP contribution in [-0.4, -0.2) is 27.1 Å². The number of carbonyl (C=O) groups is 1. The molecule has 0 atom stereocenters. The molecule has 4 rings (SSSR count). The summed E-state index contributed by atoms with van der Waals surface area (Å²) in [5.74, 6) is 0.321. The number of nitrogens with zero attached hydrogens (tertiary/aromatic N) is 3. The molecule has 0 saturated carbocycles. The average molecular weight is 543 g/mol. The van der Waals surface area contributed by atoms with Crippen molar-refractivity contribution in [1.82, 2.24) is 9.47 Å². The molecule has 2 aromatic carbocycles. The zero-order chi connectivity index (χ0) is 23.7. The Morgan fingerprint density at radius 1 is 1.09 bits per heavy atom. The lowest BCUT2D eigenvalue weighted by atomic mass is 10.2. The molecule has 33 heavy (non-hydrogen) atoms. The number of thioether (sulfide) groups is 1. The second kappa shape index (κ2) is 9.92. The van der Waals surface area contributed by atoms with E-state index < -0.39 is 0 Å². The van der Waals surface area contributed by atoms with Crippen molar-refractivity contribution < 1.29 is 4.79 Å². The van der Waals surface area contributed by atoms with Crippen molar-refractivity contribution in [3.05, 3.63) is 85.9 Å². The van der Waals surface area contributed by atoms with Gasteiger partial charge in [0.2, 0.25) is 0 Å². The van der Waals surface area contributed by atoms with Gasteiger partial charge in [-0.15, -0.1) is 0 Å². The molecule has 2 heterocycles. The van der Waals surface area contributed by atoms with Crippen molar-refractivity contribution >= 4 is 62.1 Å². The Morgan fingerprint density at radius 2 is 1.76 bits per heavy atom. The van der Waals surface area contributed by atoms with E-state index in [1.165, 1.54) is 11.8 Å². The van der Waals surface area contributed by atoms with Gasteiger partial charge < -0.3 is 4.57 Å². The molecule has 1 amide bonds. The molecule has 1 fully saturated rings. The monoisotopic (exact) mass is 541 g/mol. The zero-order valence-corrected chi connectivity index (χ0v) is 22.1. The Balaban J connectivity index is 1.71. The van der Waals surface area contributed by atoms with E-state index in [9.17, 15) is 4.79 Å². The van der Waals surface area contributed by atoms with E-state index in [2.05, 4.69) is 66.4 Å². The lowest BCUT2D eigenvalue weighted by Crippen LogP contribution is -2.32. The summed E-state index contributed by atoms with van der Waals surface area (Å²) in [5.41, 5.74) is 5.11. The quantitative estimate of drug-likeness (QED) is 0.309. The number of rotatable bonds is 5. The molecule has 0 aliphatic carbocycles. The van der Waals surface area contributed by atoms with Gasteiger partial charge in [0.05, 0.1) is 10.6 Å². The number of amidine groups is 1. The fraction of sp³-hybridized carbons (Fsp3) is 0.231. The summed E-state index contributed by atoms with van der Waals surface area (Å²) < 4.78 is 3.25. The highest BCUT2D eigenvalue weighted by atomic mass is 79.9. The second-order valence-electron chi connectivity index (χ2n) is 8.43. The number of aliphatic imine (C=N–C) groups is 1. The van der Waals surface area contributed by atoms with Crippen molar-refractivity contribution in [1.29, 1.82) is 0 Å². The lowest BCUT2D eigenvalue weighted by molar-refractivity contribution is -0.122. The number of amides is 1. The Hall–Kier alpha value is -2.28. The minimum absolute atomic E-state index is 0.00476. The minimum atomic E-state index is -0.00476. The minimum Gasteiger partial charge on any atom is -0.318 e. The fourth-order valence-electron chi connectivity index (χ4n) is 3.81. The Labute approximate surface area is 212 Å². The topological polar surface area (TPSA) is 37.6 Å². The van der Waals surface area contributed by atoms with E-state index in [1.54, 1.807) is 4.90 Å². The van der Waals surface area contributed by atoms with Gasteiger partial charge >= 0.3 is 0 Å². The van der Waals surface area contributed by atoms with Gasteiger partial charge in [0.1, 0.15) is 0 Å². The van der Waals surface area contributed by atoms with Gasteiger partial charge in [-0.05, 0) is 97.8 Å². The molecule has 4 nitrogen and oxygen atoms in total. The second-order valence-corrected chi connectivity index (χ2v) is 10.8. The normalized spacial score (nSPS) is 16.6. The first kappa shape index (κ1) is 23.9. The number of hydrogen-bond donors (Lipinski definition) is 0. The SMILES string of the molecule is Cc1cc(/C=C2\SC(=Nc3ccc(Cl)cc3)N(CC(C)C)C2=O)c(C)n1-c1ccc(Br)cc1. The number of aromatic nitrogens is 1. The van der Waals surface area contributed by atoms with Crippen molar-refractivity contribution in [2.45, 2.75) is 27.7 Å². The Bertz CT molecular complexity index is 1240. The Kier molecular flexibility index (Phi) is 7.17. The van der Waals surface area contributed by atoms with Gasteiger partial charge in [-0.25, -0.2) is 4.99 Å². The molecular formula is C26H25BrClN3OS. The maximum Gasteiger partial charge on any atom is 0.266 e. The van der Waals surface area contributed by atoms with Crippen LogP contribution in [0.3, 0.4) is 0 Å².